The molecule has 12 heteroatoms. The molecule has 3 unspecified atom stereocenters. The summed E-state index contributed by atoms with van der Waals surface area (Å²) in [5, 5.41) is 11.6. The van der Waals surface area contributed by atoms with Crippen LogP contribution in [-0.2, 0) is 19.1 Å². The number of rotatable bonds is 11. The van der Waals surface area contributed by atoms with E-state index in [-0.39, 0.29) is 42.7 Å². The van der Waals surface area contributed by atoms with Crippen molar-refractivity contribution in [3.05, 3.63) is 58.4 Å². The molecule has 12 nitrogen and oxygen atoms in total. The second kappa shape index (κ2) is 13.0. The average molecular weight is 524 g/mol. The number of hydrogen-bond donors (Lipinski definition) is 3. The van der Waals surface area contributed by atoms with E-state index < -0.39 is 35.4 Å². The Hall–Kier alpha value is -4.66. The highest BCUT2D eigenvalue weighted by Crippen LogP contribution is 2.19. The molecule has 38 heavy (non-hydrogen) atoms. The first-order valence-electron chi connectivity index (χ1n) is 12.1. The first kappa shape index (κ1) is 27.9. The van der Waals surface area contributed by atoms with Gasteiger partial charge in [-0.3, -0.25) is 19.2 Å². The maximum atomic E-state index is 13.4. The summed E-state index contributed by atoms with van der Waals surface area (Å²) in [4.78, 5) is 63.0. The molecule has 0 spiro atoms. The number of pyridine rings is 1. The van der Waals surface area contributed by atoms with Gasteiger partial charge in [-0.1, -0.05) is 11.2 Å². The van der Waals surface area contributed by atoms with E-state index >= 15 is 0 Å². The molecule has 1 fully saturated rings. The van der Waals surface area contributed by atoms with Crippen LogP contribution in [0.1, 0.15) is 48.5 Å². The minimum absolute atomic E-state index is 0.0117. The number of carbonyl (C=O) groups excluding carboxylic acids is 4. The van der Waals surface area contributed by atoms with E-state index in [1.165, 1.54) is 36.5 Å². The van der Waals surface area contributed by atoms with Crippen molar-refractivity contribution in [3.63, 3.8) is 0 Å². The fraction of sp³-hybridized carbons (Fsp3) is 0.385. The quantitative estimate of drug-likeness (QED) is 0.224. The summed E-state index contributed by atoms with van der Waals surface area (Å²) in [6.07, 6.45) is 10.2. The summed E-state index contributed by atoms with van der Waals surface area (Å²) >= 11 is 0. The van der Waals surface area contributed by atoms with Gasteiger partial charge in [0, 0.05) is 43.3 Å². The fourth-order valence-corrected chi connectivity index (χ4v) is 3.97. The van der Waals surface area contributed by atoms with Crippen LogP contribution in [0.25, 0.3) is 0 Å². The lowest BCUT2D eigenvalue weighted by Crippen LogP contribution is -2.43. The molecule has 3 atom stereocenters. The molecule has 2 aromatic heterocycles. The van der Waals surface area contributed by atoms with E-state index in [0.29, 0.717) is 18.7 Å². The molecule has 3 N–H and O–H groups in total. The standard InChI is InChI=1S/C26H29N5O7/c1-4-7-21(31-13-6-8-19(26(31)36)29-24(34)20-14-16(3)38-30-20)25(35)28-18(9-10-22(32)37-5-2)15-17-11-12-27-23(17)33/h1,6,8-10,13-14,17-18,21H,5,7,11-12,15H2,2-3H3,(H,27,33)(H,28,35)(H,29,34)/b10-9+. The summed E-state index contributed by atoms with van der Waals surface area (Å²) in [5.41, 5.74) is -0.762. The van der Waals surface area contributed by atoms with Gasteiger partial charge in [0.05, 0.1) is 6.61 Å². The van der Waals surface area contributed by atoms with Crippen LogP contribution < -0.4 is 21.5 Å². The maximum Gasteiger partial charge on any atom is 0.330 e. The lowest BCUT2D eigenvalue weighted by atomic mass is 9.97. The van der Waals surface area contributed by atoms with Crippen LogP contribution in [0, 0.1) is 25.2 Å². The Kier molecular flexibility index (Phi) is 9.59. The summed E-state index contributed by atoms with van der Waals surface area (Å²) < 4.78 is 10.9. The number of ether oxygens (including phenoxy) is 1. The third-order valence-electron chi connectivity index (χ3n) is 5.81. The van der Waals surface area contributed by atoms with Gasteiger partial charge >= 0.3 is 5.97 Å². The van der Waals surface area contributed by atoms with Crippen LogP contribution in [-0.4, -0.2) is 52.6 Å². The van der Waals surface area contributed by atoms with Crippen LogP contribution >= 0.6 is 0 Å². The van der Waals surface area contributed by atoms with Crippen molar-refractivity contribution < 1.29 is 28.4 Å². The molecular formula is C26H29N5O7. The first-order valence-corrected chi connectivity index (χ1v) is 12.1. The molecule has 3 heterocycles. The molecule has 0 aliphatic carbocycles. The molecule has 1 aliphatic rings. The van der Waals surface area contributed by atoms with Gasteiger partial charge < -0.3 is 29.8 Å². The number of carbonyl (C=O) groups is 4. The normalized spacial score (nSPS) is 16.3. The number of terminal acetylenes is 1. The van der Waals surface area contributed by atoms with Crippen LogP contribution in [0.5, 0.6) is 0 Å². The average Bonchev–Trinajstić information content (AvgIpc) is 3.50. The van der Waals surface area contributed by atoms with Gasteiger partial charge in [-0.2, -0.15) is 0 Å². The van der Waals surface area contributed by atoms with Crippen molar-refractivity contribution in [2.45, 2.75) is 45.2 Å². The van der Waals surface area contributed by atoms with Crippen molar-refractivity contribution in [2.75, 3.05) is 18.5 Å². The molecule has 1 saturated heterocycles. The zero-order valence-corrected chi connectivity index (χ0v) is 21.1. The van der Waals surface area contributed by atoms with Gasteiger partial charge in [0.15, 0.2) is 5.69 Å². The Bertz CT molecular complexity index is 1320. The molecule has 1 aliphatic heterocycles. The topological polar surface area (TPSA) is 162 Å². The predicted octanol–water partition coefficient (Wildman–Crippen LogP) is 1.09. The molecule has 0 radical (unpaired) electrons. The predicted molar refractivity (Wildman–Crippen MR) is 136 cm³/mol. The second-order valence-corrected chi connectivity index (χ2v) is 8.57. The van der Waals surface area contributed by atoms with Crippen molar-refractivity contribution >= 4 is 29.4 Å². The lowest BCUT2D eigenvalue weighted by Gasteiger charge is -2.23. The zero-order valence-electron chi connectivity index (χ0n) is 21.1. The lowest BCUT2D eigenvalue weighted by molar-refractivity contribution is -0.137. The van der Waals surface area contributed by atoms with Crippen LogP contribution in [0.4, 0.5) is 5.69 Å². The second-order valence-electron chi connectivity index (χ2n) is 8.57. The Morgan fingerprint density at radius 1 is 1.39 bits per heavy atom. The largest absolute Gasteiger partial charge is 0.463 e. The van der Waals surface area contributed by atoms with Gasteiger partial charge in [-0.05, 0) is 38.8 Å². The molecule has 0 bridgehead atoms. The third kappa shape index (κ3) is 7.19. The fourth-order valence-electron chi connectivity index (χ4n) is 3.97. The van der Waals surface area contributed by atoms with E-state index in [9.17, 15) is 24.0 Å². The number of esters is 1. The summed E-state index contributed by atoms with van der Waals surface area (Å²) in [6, 6.07) is 2.45. The van der Waals surface area contributed by atoms with Gasteiger partial charge in [0.2, 0.25) is 11.8 Å². The van der Waals surface area contributed by atoms with Crippen molar-refractivity contribution in [1.29, 1.82) is 0 Å². The minimum Gasteiger partial charge on any atom is -0.463 e. The van der Waals surface area contributed by atoms with Crippen molar-refractivity contribution in [3.8, 4) is 12.3 Å². The SMILES string of the molecule is C#CCC(C(=O)NC(/C=C/C(=O)OCC)CC1CCNC1=O)n1cccc(NC(=O)c2cc(C)on2)c1=O. The summed E-state index contributed by atoms with van der Waals surface area (Å²) in [5.74, 6) is 0.466. The molecule has 0 saturated carbocycles. The van der Waals surface area contributed by atoms with Crippen molar-refractivity contribution in [2.24, 2.45) is 5.92 Å². The third-order valence-corrected chi connectivity index (χ3v) is 5.81. The number of nitrogens with one attached hydrogen (secondary N) is 3. The zero-order chi connectivity index (χ0) is 27.7. The minimum atomic E-state index is -1.13. The Morgan fingerprint density at radius 2 is 2.18 bits per heavy atom. The number of amides is 3. The highest BCUT2D eigenvalue weighted by atomic mass is 16.5. The Morgan fingerprint density at radius 3 is 2.82 bits per heavy atom. The maximum absolute atomic E-state index is 13.4. The van der Waals surface area contributed by atoms with Gasteiger partial charge in [-0.25, -0.2) is 4.79 Å². The molecular weight excluding hydrogens is 494 g/mol. The highest BCUT2D eigenvalue weighted by Gasteiger charge is 2.29. The molecule has 3 rings (SSSR count). The van der Waals surface area contributed by atoms with E-state index in [1.54, 1.807) is 13.8 Å². The Labute approximate surface area is 218 Å². The van der Waals surface area contributed by atoms with Crippen LogP contribution in [0.3, 0.4) is 0 Å². The monoisotopic (exact) mass is 523 g/mol. The smallest absolute Gasteiger partial charge is 0.330 e. The van der Waals surface area contributed by atoms with E-state index in [1.807, 2.05) is 0 Å². The molecule has 0 aromatic carbocycles. The molecule has 200 valence electrons. The number of aromatic nitrogens is 2. The van der Waals surface area contributed by atoms with E-state index in [2.05, 4.69) is 27.0 Å². The molecule has 3 amide bonds. The van der Waals surface area contributed by atoms with Gasteiger partial charge in [0.1, 0.15) is 17.5 Å². The Balaban J connectivity index is 1.83. The number of nitrogens with zero attached hydrogens (tertiary/aromatic N) is 2. The first-order chi connectivity index (χ1) is 18.2. The number of hydrogen-bond acceptors (Lipinski definition) is 8. The van der Waals surface area contributed by atoms with Gasteiger partial charge in [0.25, 0.3) is 11.5 Å². The summed E-state index contributed by atoms with van der Waals surface area (Å²) in [7, 11) is 0. The van der Waals surface area contributed by atoms with E-state index in [4.69, 9.17) is 15.7 Å². The van der Waals surface area contributed by atoms with Gasteiger partial charge in [-0.15, -0.1) is 12.3 Å². The number of aryl methyl sites for hydroxylation is 1. The van der Waals surface area contributed by atoms with Crippen LogP contribution in [0.15, 0.2) is 45.9 Å². The molecule has 2 aromatic rings. The highest BCUT2D eigenvalue weighted by molar-refractivity contribution is 6.02. The number of anilines is 1. The van der Waals surface area contributed by atoms with Crippen molar-refractivity contribution in [1.82, 2.24) is 20.4 Å². The van der Waals surface area contributed by atoms with Crippen LogP contribution in [0.2, 0.25) is 0 Å². The van der Waals surface area contributed by atoms with E-state index in [0.717, 1.165) is 4.57 Å². The summed E-state index contributed by atoms with van der Waals surface area (Å²) in [6.45, 7) is 3.99.